The number of carbonyl (C=O) groups excluding carboxylic acids is 1. The van der Waals surface area contributed by atoms with Crippen molar-refractivity contribution >= 4 is 43.3 Å². The van der Waals surface area contributed by atoms with E-state index in [9.17, 15) is 13.2 Å². The highest BCUT2D eigenvalue weighted by Gasteiger charge is 2.37. The Bertz CT molecular complexity index is 617. The van der Waals surface area contributed by atoms with Crippen LogP contribution in [0.1, 0.15) is 15.9 Å². The van der Waals surface area contributed by atoms with Gasteiger partial charge in [0.2, 0.25) is 0 Å². The molecule has 104 valence electrons. The Kier molecular flexibility index (Phi) is 4.23. The first-order valence-electron chi connectivity index (χ1n) is 5.70. The lowest BCUT2D eigenvalue weighted by molar-refractivity contribution is 0.0941. The predicted molar refractivity (Wildman–Crippen MR) is 78.4 cm³/mol. The van der Waals surface area contributed by atoms with Crippen LogP contribution in [0.25, 0.3) is 0 Å². The molecule has 0 saturated carbocycles. The number of carbonyl (C=O) groups is 1. The van der Waals surface area contributed by atoms with Crippen LogP contribution in [0.3, 0.4) is 0 Å². The van der Waals surface area contributed by atoms with Crippen molar-refractivity contribution < 1.29 is 13.2 Å². The number of hydrogen-bond donors (Lipinski definition) is 1. The second-order valence-electron chi connectivity index (χ2n) is 4.64. The molecule has 2 unspecified atom stereocenters. The molecule has 0 aromatic heterocycles. The van der Waals surface area contributed by atoms with Crippen LogP contribution in [0, 0.1) is 6.92 Å². The molecule has 1 aromatic rings. The van der Waals surface area contributed by atoms with Gasteiger partial charge < -0.3 is 5.32 Å². The molecule has 1 aliphatic heterocycles. The number of alkyl halides is 1. The van der Waals surface area contributed by atoms with Crippen molar-refractivity contribution in [3.8, 4) is 0 Å². The number of benzene rings is 1. The van der Waals surface area contributed by atoms with E-state index >= 15 is 0 Å². The molecule has 1 amide bonds. The van der Waals surface area contributed by atoms with Gasteiger partial charge >= 0.3 is 0 Å². The third-order valence-electron chi connectivity index (χ3n) is 3.02. The van der Waals surface area contributed by atoms with Gasteiger partial charge in [0.1, 0.15) is 0 Å². The molecule has 7 heteroatoms. The molecule has 1 fully saturated rings. The molecule has 0 aliphatic carbocycles. The van der Waals surface area contributed by atoms with Gasteiger partial charge in [-0.3, -0.25) is 4.79 Å². The molecule has 4 nitrogen and oxygen atoms in total. The smallest absolute Gasteiger partial charge is 0.251 e. The van der Waals surface area contributed by atoms with Crippen molar-refractivity contribution in [2.45, 2.75) is 18.3 Å². The number of sulfone groups is 1. The molecule has 2 rings (SSSR count). The van der Waals surface area contributed by atoms with Gasteiger partial charge in [0.15, 0.2) is 9.84 Å². The van der Waals surface area contributed by atoms with Crippen LogP contribution in [0.15, 0.2) is 22.7 Å². The Morgan fingerprint density at radius 3 is 2.63 bits per heavy atom. The van der Waals surface area contributed by atoms with Crippen LogP contribution in [-0.4, -0.2) is 37.2 Å². The van der Waals surface area contributed by atoms with Crippen molar-refractivity contribution in [2.24, 2.45) is 0 Å². The summed E-state index contributed by atoms with van der Waals surface area (Å²) in [4.78, 5) is 12.0. The summed E-state index contributed by atoms with van der Waals surface area (Å²) in [5.41, 5.74) is 1.43. The number of hydrogen-bond acceptors (Lipinski definition) is 3. The highest BCUT2D eigenvalue weighted by molar-refractivity contribution is 9.10. The van der Waals surface area contributed by atoms with Crippen LogP contribution < -0.4 is 5.32 Å². The lowest BCUT2D eigenvalue weighted by Gasteiger charge is -2.14. The minimum absolute atomic E-state index is 0.0845. The largest absolute Gasteiger partial charge is 0.347 e. The first kappa shape index (κ1) is 14.8. The van der Waals surface area contributed by atoms with E-state index < -0.39 is 21.3 Å². The van der Waals surface area contributed by atoms with Gasteiger partial charge in [0.05, 0.1) is 22.9 Å². The molecule has 1 N–H and O–H groups in total. The van der Waals surface area contributed by atoms with Crippen LogP contribution in [0.5, 0.6) is 0 Å². The number of aryl methyl sites for hydroxylation is 1. The van der Waals surface area contributed by atoms with E-state index in [0.29, 0.717) is 5.56 Å². The van der Waals surface area contributed by atoms with Crippen molar-refractivity contribution in [2.75, 3.05) is 11.5 Å². The quantitative estimate of drug-likeness (QED) is 0.813. The van der Waals surface area contributed by atoms with Crippen molar-refractivity contribution in [3.63, 3.8) is 0 Å². The number of amides is 1. The molecule has 2 atom stereocenters. The van der Waals surface area contributed by atoms with E-state index in [1.54, 1.807) is 18.2 Å². The predicted octanol–water partition coefficient (Wildman–Crippen LogP) is 1.89. The molecular weight excluding hydrogens is 354 g/mol. The molecule has 1 aliphatic rings. The maximum absolute atomic E-state index is 12.0. The van der Waals surface area contributed by atoms with Gasteiger partial charge in [-0.15, -0.1) is 11.6 Å². The Balaban J connectivity index is 2.11. The monoisotopic (exact) mass is 365 g/mol. The molecule has 0 spiro atoms. The van der Waals surface area contributed by atoms with Gasteiger partial charge in [-0.2, -0.15) is 0 Å². The minimum atomic E-state index is -3.14. The van der Waals surface area contributed by atoms with Crippen LogP contribution in [-0.2, 0) is 9.84 Å². The molecular formula is C12H13BrClNO3S. The highest BCUT2D eigenvalue weighted by atomic mass is 79.9. The topological polar surface area (TPSA) is 63.2 Å². The minimum Gasteiger partial charge on any atom is -0.347 e. The third kappa shape index (κ3) is 3.49. The first-order chi connectivity index (χ1) is 8.78. The average Bonchev–Trinajstić information content (AvgIpc) is 2.55. The van der Waals surface area contributed by atoms with E-state index in [0.717, 1.165) is 10.0 Å². The Labute approximate surface area is 125 Å². The number of rotatable bonds is 2. The van der Waals surface area contributed by atoms with Crippen molar-refractivity contribution in [1.29, 1.82) is 0 Å². The van der Waals surface area contributed by atoms with E-state index in [1.807, 2.05) is 6.92 Å². The van der Waals surface area contributed by atoms with Gasteiger partial charge in [-0.25, -0.2) is 8.42 Å². The fourth-order valence-corrected chi connectivity index (χ4v) is 4.77. The van der Waals surface area contributed by atoms with E-state index in [4.69, 9.17) is 11.6 Å². The number of halogens is 2. The third-order valence-corrected chi connectivity index (χ3v) is 6.29. The fourth-order valence-electron chi connectivity index (χ4n) is 1.97. The van der Waals surface area contributed by atoms with Crippen molar-refractivity contribution in [3.05, 3.63) is 33.8 Å². The summed E-state index contributed by atoms with van der Waals surface area (Å²) >= 11 is 9.31. The van der Waals surface area contributed by atoms with E-state index in [1.165, 1.54) is 0 Å². The standard InChI is InChI=1S/C12H13BrClNO3S/c1-7-4-8(2-3-9(7)13)12(16)15-11-6-19(17,18)5-10(11)14/h2-4,10-11H,5-6H2,1H3,(H,15,16). The van der Waals surface area contributed by atoms with Crippen LogP contribution >= 0.6 is 27.5 Å². The zero-order chi connectivity index (χ0) is 14.2. The van der Waals surface area contributed by atoms with Crippen molar-refractivity contribution in [1.82, 2.24) is 5.32 Å². The summed E-state index contributed by atoms with van der Waals surface area (Å²) in [5.74, 6) is -0.482. The summed E-state index contributed by atoms with van der Waals surface area (Å²) < 4.78 is 23.8. The Morgan fingerprint density at radius 2 is 2.11 bits per heavy atom. The Morgan fingerprint density at radius 1 is 1.42 bits per heavy atom. The summed E-state index contributed by atoms with van der Waals surface area (Å²) in [6.07, 6.45) is 0. The SMILES string of the molecule is Cc1cc(C(=O)NC2CS(=O)(=O)CC2Cl)ccc1Br. The summed E-state index contributed by atoms with van der Waals surface area (Å²) in [7, 11) is -3.14. The molecule has 0 radical (unpaired) electrons. The lowest BCUT2D eigenvalue weighted by atomic mass is 10.1. The summed E-state index contributed by atoms with van der Waals surface area (Å²) in [5, 5.41) is 2.12. The zero-order valence-electron chi connectivity index (χ0n) is 10.2. The summed E-state index contributed by atoms with van der Waals surface area (Å²) in [6, 6.07) is 4.68. The molecule has 0 bridgehead atoms. The molecule has 1 saturated heterocycles. The Hall–Kier alpha value is -0.590. The molecule has 19 heavy (non-hydrogen) atoms. The first-order valence-corrected chi connectivity index (χ1v) is 8.75. The normalized spacial score (nSPS) is 25.2. The van der Waals surface area contributed by atoms with Gasteiger partial charge in [-0.1, -0.05) is 15.9 Å². The van der Waals surface area contributed by atoms with E-state index in [2.05, 4.69) is 21.2 Å². The highest BCUT2D eigenvalue weighted by Crippen LogP contribution is 2.20. The van der Waals surface area contributed by atoms with Gasteiger partial charge in [0, 0.05) is 10.0 Å². The maximum Gasteiger partial charge on any atom is 0.251 e. The van der Waals surface area contributed by atoms with Crippen LogP contribution in [0.4, 0.5) is 0 Å². The maximum atomic E-state index is 12.0. The molecule has 1 heterocycles. The second-order valence-corrected chi connectivity index (χ2v) is 8.21. The second kappa shape index (κ2) is 5.42. The van der Waals surface area contributed by atoms with Gasteiger partial charge in [0.25, 0.3) is 5.91 Å². The molecule has 1 aromatic carbocycles. The van der Waals surface area contributed by atoms with E-state index in [-0.39, 0.29) is 17.4 Å². The fraction of sp³-hybridized carbons (Fsp3) is 0.417. The zero-order valence-corrected chi connectivity index (χ0v) is 13.3. The summed E-state index contributed by atoms with van der Waals surface area (Å²) in [6.45, 7) is 1.88. The lowest BCUT2D eigenvalue weighted by Crippen LogP contribution is -2.40. The van der Waals surface area contributed by atoms with Crippen LogP contribution in [0.2, 0.25) is 0 Å². The average molecular weight is 367 g/mol. The van der Waals surface area contributed by atoms with Gasteiger partial charge in [-0.05, 0) is 30.7 Å². The number of nitrogens with one attached hydrogen (secondary N) is 1.